The maximum absolute atomic E-state index is 11.1. The molecule has 0 fully saturated rings. The molecular formula is C10H11NO4. The summed E-state index contributed by atoms with van der Waals surface area (Å²) in [7, 11) is 2.59. The molecule has 0 amide bonds. The second-order valence-electron chi connectivity index (χ2n) is 2.79. The fourth-order valence-corrected chi connectivity index (χ4v) is 1.04. The van der Waals surface area contributed by atoms with Gasteiger partial charge in [0.15, 0.2) is 0 Å². The van der Waals surface area contributed by atoms with Crippen LogP contribution in [0.3, 0.4) is 0 Å². The average molecular weight is 209 g/mol. The third-order valence-electron chi connectivity index (χ3n) is 1.80. The molecule has 0 aliphatic carbocycles. The number of esters is 2. The highest BCUT2D eigenvalue weighted by Gasteiger charge is 2.09. The van der Waals surface area contributed by atoms with E-state index in [4.69, 9.17) is 0 Å². The van der Waals surface area contributed by atoms with Gasteiger partial charge in [0.2, 0.25) is 0 Å². The first kappa shape index (κ1) is 11.2. The summed E-state index contributed by atoms with van der Waals surface area (Å²) < 4.78 is 9.01. The fourth-order valence-electron chi connectivity index (χ4n) is 1.04. The van der Waals surface area contributed by atoms with Gasteiger partial charge in [-0.3, -0.25) is 4.79 Å². The molecule has 0 radical (unpaired) electrons. The van der Waals surface area contributed by atoms with Crippen molar-refractivity contribution in [3.8, 4) is 0 Å². The van der Waals surface area contributed by atoms with Crippen LogP contribution in [0.2, 0.25) is 0 Å². The first-order valence-corrected chi connectivity index (χ1v) is 4.27. The van der Waals surface area contributed by atoms with E-state index in [-0.39, 0.29) is 18.1 Å². The van der Waals surface area contributed by atoms with Crippen LogP contribution >= 0.6 is 0 Å². The Labute approximate surface area is 87.0 Å². The molecule has 0 aliphatic rings. The molecule has 0 saturated carbocycles. The summed E-state index contributed by atoms with van der Waals surface area (Å²) in [5.41, 5.74) is 0.844. The van der Waals surface area contributed by atoms with Crippen molar-refractivity contribution in [1.29, 1.82) is 0 Å². The van der Waals surface area contributed by atoms with Crippen molar-refractivity contribution in [2.75, 3.05) is 14.2 Å². The molecule has 1 rings (SSSR count). The number of hydrogen-bond acceptors (Lipinski definition) is 5. The molecule has 0 N–H and O–H groups in total. The molecule has 1 aromatic heterocycles. The lowest BCUT2D eigenvalue weighted by Crippen LogP contribution is -2.08. The predicted octanol–water partition coefficient (Wildman–Crippen LogP) is 0.584. The van der Waals surface area contributed by atoms with Gasteiger partial charge in [-0.2, -0.15) is 0 Å². The Morgan fingerprint density at radius 1 is 1.33 bits per heavy atom. The number of hydrogen-bond donors (Lipinski definition) is 0. The van der Waals surface area contributed by atoms with Crippen LogP contribution in [0.15, 0.2) is 18.3 Å². The van der Waals surface area contributed by atoms with Crippen LogP contribution in [0.4, 0.5) is 0 Å². The lowest BCUT2D eigenvalue weighted by molar-refractivity contribution is -0.139. The SMILES string of the molecule is COC(=O)Cc1ccnc(C(=O)OC)c1. The van der Waals surface area contributed by atoms with Crippen LogP contribution in [0.1, 0.15) is 16.1 Å². The Morgan fingerprint density at radius 2 is 2.07 bits per heavy atom. The second kappa shape index (κ2) is 5.09. The summed E-state index contributed by atoms with van der Waals surface area (Å²) in [6, 6.07) is 3.14. The zero-order chi connectivity index (χ0) is 11.3. The average Bonchev–Trinajstić information content (AvgIpc) is 2.28. The topological polar surface area (TPSA) is 65.5 Å². The predicted molar refractivity (Wildman–Crippen MR) is 51.3 cm³/mol. The minimum Gasteiger partial charge on any atom is -0.469 e. The standard InChI is InChI=1S/C10H11NO4/c1-14-9(12)6-7-3-4-11-8(5-7)10(13)15-2/h3-5H,6H2,1-2H3. The van der Waals surface area contributed by atoms with Crippen LogP contribution in [0, 0.1) is 0 Å². The lowest BCUT2D eigenvalue weighted by atomic mass is 10.1. The largest absolute Gasteiger partial charge is 0.469 e. The Morgan fingerprint density at radius 3 is 2.67 bits per heavy atom. The van der Waals surface area contributed by atoms with E-state index in [1.165, 1.54) is 26.5 Å². The van der Waals surface area contributed by atoms with Crippen LogP contribution in [-0.2, 0) is 20.7 Å². The maximum atomic E-state index is 11.1. The van der Waals surface area contributed by atoms with Crippen molar-refractivity contribution in [1.82, 2.24) is 4.98 Å². The van der Waals surface area contributed by atoms with Gasteiger partial charge in [0.25, 0.3) is 0 Å². The molecule has 80 valence electrons. The van der Waals surface area contributed by atoms with Gasteiger partial charge in [-0.15, -0.1) is 0 Å². The summed E-state index contributed by atoms with van der Waals surface area (Å²) in [4.78, 5) is 25.9. The molecule has 1 aromatic rings. The van der Waals surface area contributed by atoms with Gasteiger partial charge in [0.1, 0.15) is 5.69 Å². The van der Waals surface area contributed by atoms with Crippen LogP contribution in [-0.4, -0.2) is 31.1 Å². The number of pyridine rings is 1. The van der Waals surface area contributed by atoms with E-state index in [0.29, 0.717) is 5.56 Å². The molecule has 0 bridgehead atoms. The van der Waals surface area contributed by atoms with Crippen molar-refractivity contribution >= 4 is 11.9 Å². The molecule has 5 heteroatoms. The first-order chi connectivity index (χ1) is 7.17. The van der Waals surface area contributed by atoms with Crippen molar-refractivity contribution in [3.05, 3.63) is 29.6 Å². The van der Waals surface area contributed by atoms with E-state index in [1.54, 1.807) is 6.07 Å². The van der Waals surface area contributed by atoms with Crippen LogP contribution in [0.5, 0.6) is 0 Å². The van der Waals surface area contributed by atoms with E-state index in [1.807, 2.05) is 0 Å². The monoisotopic (exact) mass is 209 g/mol. The summed E-state index contributed by atoms with van der Waals surface area (Å²) in [5.74, 6) is -0.890. The second-order valence-corrected chi connectivity index (χ2v) is 2.79. The molecule has 0 spiro atoms. The molecule has 0 aromatic carbocycles. The third kappa shape index (κ3) is 3.05. The molecule has 0 saturated heterocycles. The van der Waals surface area contributed by atoms with Gasteiger partial charge in [-0.1, -0.05) is 0 Å². The molecular weight excluding hydrogens is 198 g/mol. The Bertz CT molecular complexity index is 375. The van der Waals surface area contributed by atoms with Gasteiger partial charge < -0.3 is 9.47 Å². The van der Waals surface area contributed by atoms with E-state index in [0.717, 1.165) is 0 Å². The molecule has 15 heavy (non-hydrogen) atoms. The summed E-state index contributed by atoms with van der Waals surface area (Å²) in [6.07, 6.45) is 1.56. The van der Waals surface area contributed by atoms with Gasteiger partial charge in [-0.05, 0) is 17.7 Å². The van der Waals surface area contributed by atoms with Gasteiger partial charge >= 0.3 is 11.9 Å². The Hall–Kier alpha value is -1.91. The van der Waals surface area contributed by atoms with Crippen molar-refractivity contribution in [2.45, 2.75) is 6.42 Å². The summed E-state index contributed by atoms with van der Waals surface area (Å²) in [6.45, 7) is 0. The van der Waals surface area contributed by atoms with Crippen molar-refractivity contribution < 1.29 is 19.1 Å². The molecule has 0 unspecified atom stereocenters. The van der Waals surface area contributed by atoms with Gasteiger partial charge in [-0.25, -0.2) is 9.78 Å². The highest BCUT2D eigenvalue weighted by atomic mass is 16.5. The summed E-state index contributed by atoms with van der Waals surface area (Å²) >= 11 is 0. The Balaban J connectivity index is 2.83. The number of ether oxygens (including phenoxy) is 2. The van der Waals surface area contributed by atoms with Crippen LogP contribution < -0.4 is 0 Å². The lowest BCUT2D eigenvalue weighted by Gasteiger charge is -2.02. The van der Waals surface area contributed by atoms with Gasteiger partial charge in [0.05, 0.1) is 20.6 Å². The number of rotatable bonds is 3. The highest BCUT2D eigenvalue weighted by Crippen LogP contribution is 2.04. The number of methoxy groups -OCH3 is 2. The van der Waals surface area contributed by atoms with E-state index in [9.17, 15) is 9.59 Å². The molecule has 5 nitrogen and oxygen atoms in total. The van der Waals surface area contributed by atoms with E-state index >= 15 is 0 Å². The highest BCUT2D eigenvalue weighted by molar-refractivity contribution is 5.87. The first-order valence-electron chi connectivity index (χ1n) is 4.27. The number of carbonyl (C=O) groups excluding carboxylic acids is 2. The van der Waals surface area contributed by atoms with E-state index < -0.39 is 5.97 Å². The number of aromatic nitrogens is 1. The maximum Gasteiger partial charge on any atom is 0.356 e. The van der Waals surface area contributed by atoms with Crippen molar-refractivity contribution in [3.63, 3.8) is 0 Å². The number of nitrogens with zero attached hydrogens (tertiary/aromatic N) is 1. The number of carbonyl (C=O) groups is 2. The van der Waals surface area contributed by atoms with Gasteiger partial charge in [0, 0.05) is 6.20 Å². The van der Waals surface area contributed by atoms with Crippen LogP contribution in [0.25, 0.3) is 0 Å². The normalized spacial score (nSPS) is 9.47. The minimum atomic E-state index is -0.526. The minimum absolute atomic E-state index is 0.114. The Kier molecular flexibility index (Phi) is 3.79. The van der Waals surface area contributed by atoms with E-state index in [2.05, 4.69) is 14.5 Å². The fraction of sp³-hybridized carbons (Fsp3) is 0.300. The molecule has 0 aliphatic heterocycles. The van der Waals surface area contributed by atoms with Crippen molar-refractivity contribution in [2.24, 2.45) is 0 Å². The zero-order valence-electron chi connectivity index (χ0n) is 8.52. The summed E-state index contributed by atoms with van der Waals surface area (Å²) in [5, 5.41) is 0. The smallest absolute Gasteiger partial charge is 0.356 e. The third-order valence-corrected chi connectivity index (χ3v) is 1.80. The zero-order valence-corrected chi connectivity index (χ0v) is 8.52. The molecule has 0 atom stereocenters. The quantitative estimate of drug-likeness (QED) is 0.681. The molecule has 1 heterocycles.